The molecule has 2 aromatic carbocycles. The maximum atomic E-state index is 12.7. The van der Waals surface area contributed by atoms with E-state index >= 15 is 0 Å². The van der Waals surface area contributed by atoms with Gasteiger partial charge in [-0.15, -0.1) is 0 Å². The first kappa shape index (κ1) is 20.4. The number of rotatable bonds is 7. The maximum absolute atomic E-state index is 12.7. The fourth-order valence-electron chi connectivity index (χ4n) is 2.81. The second kappa shape index (κ2) is 8.75. The number of aliphatic hydroxyl groups is 1. The summed E-state index contributed by atoms with van der Waals surface area (Å²) < 4.78 is 11.3. The van der Waals surface area contributed by atoms with Crippen LogP contribution in [0.4, 0.5) is 0 Å². The van der Waals surface area contributed by atoms with Crippen molar-refractivity contribution in [2.75, 3.05) is 0 Å². The third kappa shape index (κ3) is 4.92. The Hall–Kier alpha value is -3.38. The fraction of sp³-hybridized carbons (Fsp3) is 0.217. The Balaban J connectivity index is 1.70. The van der Waals surface area contributed by atoms with Crippen LogP contribution in [-0.4, -0.2) is 21.2 Å². The number of hydrogen-bond acceptors (Lipinski definition) is 6. The van der Waals surface area contributed by atoms with Crippen LogP contribution in [-0.2, 0) is 16.1 Å². The minimum absolute atomic E-state index is 0.00847. The Morgan fingerprint density at radius 1 is 1.10 bits per heavy atom. The van der Waals surface area contributed by atoms with E-state index in [1.165, 1.54) is 12.1 Å². The van der Waals surface area contributed by atoms with Crippen LogP contribution < -0.4 is 4.74 Å². The van der Waals surface area contributed by atoms with Crippen molar-refractivity contribution in [3.63, 3.8) is 0 Å². The molecule has 0 aliphatic rings. The van der Waals surface area contributed by atoms with Crippen LogP contribution >= 0.6 is 0 Å². The number of benzene rings is 2. The summed E-state index contributed by atoms with van der Waals surface area (Å²) in [5.41, 5.74) is -0.0907. The van der Waals surface area contributed by atoms with Crippen molar-refractivity contribution < 1.29 is 24.5 Å². The lowest BCUT2D eigenvalue weighted by Crippen LogP contribution is -2.33. The number of phenols is 1. The number of ether oxygens (including phenoxy) is 2. The van der Waals surface area contributed by atoms with E-state index in [0.717, 1.165) is 0 Å². The highest BCUT2D eigenvalue weighted by Gasteiger charge is 2.38. The minimum atomic E-state index is -1.22. The van der Waals surface area contributed by atoms with Gasteiger partial charge >= 0.3 is 5.97 Å². The van der Waals surface area contributed by atoms with Gasteiger partial charge in [-0.3, -0.25) is 9.78 Å². The van der Waals surface area contributed by atoms with Gasteiger partial charge in [0.15, 0.2) is 0 Å². The topological polar surface area (TPSA) is 88.9 Å². The van der Waals surface area contributed by atoms with E-state index in [2.05, 4.69) is 4.98 Å². The molecule has 0 saturated carbocycles. The predicted octanol–water partition coefficient (Wildman–Crippen LogP) is 4.38. The van der Waals surface area contributed by atoms with Gasteiger partial charge in [0.1, 0.15) is 23.9 Å². The largest absolute Gasteiger partial charge is 0.508 e. The number of pyridine rings is 1. The molecule has 0 saturated heterocycles. The Morgan fingerprint density at radius 2 is 1.90 bits per heavy atom. The zero-order chi connectivity index (χ0) is 20.9. The molecular weight excluding hydrogens is 370 g/mol. The maximum Gasteiger partial charge on any atom is 0.314 e. The summed E-state index contributed by atoms with van der Waals surface area (Å²) in [4.78, 5) is 16.7. The van der Waals surface area contributed by atoms with Gasteiger partial charge in [0.25, 0.3) is 0 Å². The average molecular weight is 393 g/mol. The Morgan fingerprint density at radius 3 is 2.62 bits per heavy atom. The van der Waals surface area contributed by atoms with E-state index < -0.39 is 17.5 Å². The number of phenolic OH excluding ortho intramolecular Hbond substituents is 1. The van der Waals surface area contributed by atoms with E-state index in [1.54, 1.807) is 62.6 Å². The molecule has 0 radical (unpaired) electrons. The van der Waals surface area contributed by atoms with Crippen molar-refractivity contribution in [3.05, 3.63) is 84.2 Å². The monoisotopic (exact) mass is 393 g/mol. The summed E-state index contributed by atoms with van der Waals surface area (Å²) in [6, 6.07) is 17.0. The molecule has 1 heterocycles. The second-order valence-electron chi connectivity index (χ2n) is 7.19. The number of aromatic hydroxyl groups is 1. The van der Waals surface area contributed by atoms with Gasteiger partial charge in [-0.05, 0) is 49.7 Å². The zero-order valence-electron chi connectivity index (χ0n) is 16.3. The third-order valence-corrected chi connectivity index (χ3v) is 4.59. The van der Waals surface area contributed by atoms with Crippen LogP contribution in [0.2, 0.25) is 0 Å². The number of esters is 1. The van der Waals surface area contributed by atoms with Crippen molar-refractivity contribution in [2.45, 2.75) is 26.6 Å². The van der Waals surface area contributed by atoms with Crippen LogP contribution in [0.3, 0.4) is 0 Å². The van der Waals surface area contributed by atoms with Gasteiger partial charge in [0, 0.05) is 11.8 Å². The lowest BCUT2D eigenvalue weighted by atomic mass is 9.82. The molecule has 0 aliphatic carbocycles. The van der Waals surface area contributed by atoms with Crippen molar-refractivity contribution in [1.82, 2.24) is 4.98 Å². The minimum Gasteiger partial charge on any atom is -0.508 e. The molecule has 29 heavy (non-hydrogen) atoms. The Kier molecular flexibility index (Phi) is 6.14. The molecule has 0 aliphatic heterocycles. The van der Waals surface area contributed by atoms with E-state index in [9.17, 15) is 15.0 Å². The summed E-state index contributed by atoms with van der Waals surface area (Å²) in [5.74, 6) is 0.585. The molecule has 6 nitrogen and oxygen atoms in total. The number of carbonyl (C=O) groups excluding carboxylic acids is 1. The summed E-state index contributed by atoms with van der Waals surface area (Å²) in [7, 11) is 0. The molecule has 0 amide bonds. The smallest absolute Gasteiger partial charge is 0.314 e. The number of para-hydroxylation sites is 1. The van der Waals surface area contributed by atoms with Crippen LogP contribution in [0.5, 0.6) is 17.2 Å². The second-order valence-corrected chi connectivity index (χ2v) is 7.19. The zero-order valence-corrected chi connectivity index (χ0v) is 16.3. The van der Waals surface area contributed by atoms with Gasteiger partial charge < -0.3 is 19.7 Å². The van der Waals surface area contributed by atoms with Gasteiger partial charge in [0.05, 0.1) is 17.7 Å². The number of nitrogens with zero attached hydrogens (tertiary/aromatic N) is 1. The van der Waals surface area contributed by atoms with E-state index in [1.807, 2.05) is 12.1 Å². The van der Waals surface area contributed by atoms with Crippen LogP contribution in [0.1, 0.15) is 31.1 Å². The highest BCUT2D eigenvalue weighted by molar-refractivity contribution is 5.77. The highest BCUT2D eigenvalue weighted by Crippen LogP contribution is 2.36. The van der Waals surface area contributed by atoms with Gasteiger partial charge in [-0.25, -0.2) is 0 Å². The molecule has 1 aromatic heterocycles. The molecule has 6 heteroatoms. The van der Waals surface area contributed by atoms with Crippen LogP contribution in [0, 0.1) is 5.41 Å². The van der Waals surface area contributed by atoms with E-state index in [4.69, 9.17) is 9.47 Å². The number of aliphatic hydroxyl groups excluding tert-OH is 1. The van der Waals surface area contributed by atoms with Crippen molar-refractivity contribution in [1.29, 1.82) is 0 Å². The molecule has 0 fully saturated rings. The number of hydrogen-bond donors (Lipinski definition) is 2. The summed E-state index contributed by atoms with van der Waals surface area (Å²) in [6.45, 7) is 3.19. The fourth-order valence-corrected chi connectivity index (χ4v) is 2.81. The molecule has 2 N–H and O–H groups in total. The van der Waals surface area contributed by atoms with Gasteiger partial charge in [-0.2, -0.15) is 0 Å². The quantitative estimate of drug-likeness (QED) is 0.579. The molecule has 150 valence electrons. The lowest BCUT2D eigenvalue weighted by molar-refractivity contribution is -0.162. The van der Waals surface area contributed by atoms with Crippen LogP contribution in [0.15, 0.2) is 73.1 Å². The molecular formula is C23H23NO5. The van der Waals surface area contributed by atoms with Gasteiger partial charge in [0.2, 0.25) is 0 Å². The molecule has 3 aromatic rings. The van der Waals surface area contributed by atoms with Crippen LogP contribution in [0.25, 0.3) is 0 Å². The molecule has 0 bridgehead atoms. The SMILES string of the molecule is CC(C)(C(=O)OCc1ccccc1Oc1cccnc1)C(O)c1cccc(O)c1. The predicted molar refractivity (Wildman–Crippen MR) is 107 cm³/mol. The Labute approximate surface area is 169 Å². The normalized spacial score (nSPS) is 12.2. The molecule has 0 spiro atoms. The first-order valence-electron chi connectivity index (χ1n) is 9.18. The third-order valence-electron chi connectivity index (χ3n) is 4.59. The molecule has 3 rings (SSSR count). The number of carbonyl (C=O) groups is 1. The highest BCUT2D eigenvalue weighted by atomic mass is 16.5. The first-order chi connectivity index (χ1) is 13.9. The van der Waals surface area contributed by atoms with Gasteiger partial charge in [-0.1, -0.05) is 30.3 Å². The first-order valence-corrected chi connectivity index (χ1v) is 9.18. The summed E-state index contributed by atoms with van der Waals surface area (Å²) >= 11 is 0. The molecule has 1 unspecified atom stereocenters. The summed E-state index contributed by atoms with van der Waals surface area (Å²) in [5, 5.41) is 20.3. The average Bonchev–Trinajstić information content (AvgIpc) is 2.73. The lowest BCUT2D eigenvalue weighted by Gasteiger charge is -2.28. The van der Waals surface area contributed by atoms with E-state index in [-0.39, 0.29) is 12.4 Å². The van der Waals surface area contributed by atoms with E-state index in [0.29, 0.717) is 22.6 Å². The van der Waals surface area contributed by atoms with Crippen molar-refractivity contribution in [3.8, 4) is 17.2 Å². The Bertz CT molecular complexity index is 972. The van der Waals surface area contributed by atoms with Crippen molar-refractivity contribution in [2.24, 2.45) is 5.41 Å². The standard InChI is InChI=1S/C23H23NO5/c1-23(2,21(26)16-8-5-9-18(25)13-16)22(27)28-15-17-7-3-4-11-20(17)29-19-10-6-12-24-14-19/h3-14,21,25-26H,15H2,1-2H3. The van der Waals surface area contributed by atoms with Crippen molar-refractivity contribution >= 4 is 5.97 Å². The number of aromatic nitrogens is 1. The summed E-state index contributed by atoms with van der Waals surface area (Å²) in [6.07, 6.45) is 2.11. The molecule has 1 atom stereocenters.